The summed E-state index contributed by atoms with van der Waals surface area (Å²) in [5.41, 5.74) is 1.35. The number of nitrogens with zero attached hydrogens (tertiary/aromatic N) is 4. The van der Waals surface area contributed by atoms with Gasteiger partial charge in [0.15, 0.2) is 5.82 Å². The monoisotopic (exact) mass is 337 g/mol. The Hall–Kier alpha value is -1.86. The predicted octanol–water partition coefficient (Wildman–Crippen LogP) is 1.78. The second-order valence-electron chi connectivity index (χ2n) is 5.77. The summed E-state index contributed by atoms with van der Waals surface area (Å²) in [6.07, 6.45) is 0.937. The van der Waals surface area contributed by atoms with Gasteiger partial charge in [0.05, 0.1) is 24.0 Å². The molecule has 0 saturated carbocycles. The van der Waals surface area contributed by atoms with Crippen molar-refractivity contribution in [3.8, 4) is 0 Å². The molecule has 2 aromatic heterocycles. The maximum atomic E-state index is 11.9. The van der Waals surface area contributed by atoms with Crippen molar-refractivity contribution in [3.05, 3.63) is 38.7 Å². The fourth-order valence-corrected chi connectivity index (χ4v) is 3.01. The molecule has 7 nitrogen and oxygen atoms in total. The van der Waals surface area contributed by atoms with Crippen molar-refractivity contribution in [1.82, 2.24) is 19.7 Å². The fraction of sp³-hybridized carbons (Fsp3) is 0.533. The van der Waals surface area contributed by atoms with Crippen LogP contribution in [0.15, 0.2) is 10.9 Å². The number of aromatic nitrogens is 4. The second kappa shape index (κ2) is 6.33. The zero-order chi connectivity index (χ0) is 16.6. The van der Waals surface area contributed by atoms with Crippen LogP contribution in [-0.2, 0) is 13.1 Å². The second-order valence-corrected chi connectivity index (χ2v) is 6.15. The highest BCUT2D eigenvalue weighted by Crippen LogP contribution is 2.25. The average molecular weight is 338 g/mol. The third-order valence-corrected chi connectivity index (χ3v) is 4.37. The van der Waals surface area contributed by atoms with Gasteiger partial charge in [0.1, 0.15) is 10.8 Å². The van der Waals surface area contributed by atoms with E-state index < -0.39 is 6.10 Å². The van der Waals surface area contributed by atoms with Crippen molar-refractivity contribution < 1.29 is 5.11 Å². The molecule has 3 rings (SSSR count). The highest BCUT2D eigenvalue weighted by atomic mass is 35.5. The molecule has 0 fully saturated rings. The average Bonchev–Trinajstić information content (AvgIpc) is 2.82. The Bertz CT molecular complexity index is 770. The molecule has 8 heteroatoms. The van der Waals surface area contributed by atoms with Crippen molar-refractivity contribution in [3.63, 3.8) is 0 Å². The molecule has 2 aromatic rings. The maximum Gasteiger partial charge on any atom is 0.271 e. The molecule has 0 radical (unpaired) electrons. The van der Waals surface area contributed by atoms with E-state index in [0.717, 1.165) is 25.2 Å². The number of halogens is 1. The lowest BCUT2D eigenvalue weighted by Crippen LogP contribution is -2.27. The van der Waals surface area contributed by atoms with Crippen molar-refractivity contribution in [2.24, 2.45) is 0 Å². The molecule has 0 aliphatic carbocycles. The number of fused-ring (bicyclic) bond motifs is 1. The van der Waals surface area contributed by atoms with Gasteiger partial charge < -0.3 is 15.0 Å². The summed E-state index contributed by atoms with van der Waals surface area (Å²) >= 11 is 6.15. The molecule has 1 unspecified atom stereocenters. The Morgan fingerprint density at radius 2 is 2.26 bits per heavy atom. The molecule has 124 valence electrons. The number of anilines is 1. The molecule has 0 aromatic carbocycles. The van der Waals surface area contributed by atoms with Crippen LogP contribution in [0.3, 0.4) is 0 Å². The van der Waals surface area contributed by atoms with Crippen LogP contribution >= 0.6 is 11.6 Å². The van der Waals surface area contributed by atoms with Gasteiger partial charge >= 0.3 is 0 Å². The maximum absolute atomic E-state index is 11.9. The Kier molecular flexibility index (Phi) is 4.41. The molecule has 1 aliphatic heterocycles. The number of hydrogen-bond acceptors (Lipinski definition) is 5. The van der Waals surface area contributed by atoms with Crippen LogP contribution < -0.4 is 10.5 Å². The Labute approximate surface area is 138 Å². The van der Waals surface area contributed by atoms with E-state index in [1.807, 2.05) is 22.6 Å². The minimum atomic E-state index is -0.550. The lowest BCUT2D eigenvalue weighted by molar-refractivity contribution is 0.168. The minimum absolute atomic E-state index is 0.109. The van der Waals surface area contributed by atoms with Gasteiger partial charge in [-0.15, -0.1) is 0 Å². The number of H-pyrrole nitrogens is 1. The number of nitrogens with one attached hydrogen (secondary N) is 1. The molecule has 0 amide bonds. The standard InChI is InChI=1S/C15H20ClN5O2/c1-3-12(22)11-7-10-8-20(5-4-6-21(10)19-11)14-13(16)15(23)18-9(2)17-14/h7,12,22H,3-6,8H2,1-2H3,(H,17,18,23). The number of hydrogen-bond donors (Lipinski definition) is 2. The zero-order valence-electron chi connectivity index (χ0n) is 13.2. The number of aliphatic hydroxyl groups excluding tert-OH is 1. The van der Waals surface area contributed by atoms with Crippen molar-refractivity contribution in [1.29, 1.82) is 0 Å². The first-order chi connectivity index (χ1) is 11.0. The number of rotatable bonds is 3. The summed E-state index contributed by atoms with van der Waals surface area (Å²) in [6, 6.07) is 1.92. The largest absolute Gasteiger partial charge is 0.387 e. The quantitative estimate of drug-likeness (QED) is 0.891. The van der Waals surface area contributed by atoms with Gasteiger partial charge in [-0.05, 0) is 25.8 Å². The fourth-order valence-electron chi connectivity index (χ4n) is 2.80. The molecule has 0 saturated heterocycles. The van der Waals surface area contributed by atoms with Gasteiger partial charge in [-0.2, -0.15) is 5.10 Å². The van der Waals surface area contributed by atoms with Gasteiger partial charge in [0.25, 0.3) is 5.56 Å². The summed E-state index contributed by atoms with van der Waals surface area (Å²) in [4.78, 5) is 20.8. The first kappa shape index (κ1) is 16.0. The smallest absolute Gasteiger partial charge is 0.271 e. The number of aliphatic hydroxyl groups is 1. The molecule has 1 atom stereocenters. The van der Waals surface area contributed by atoms with Gasteiger partial charge in [-0.1, -0.05) is 18.5 Å². The summed E-state index contributed by atoms with van der Waals surface area (Å²) in [6.45, 7) is 5.72. The third-order valence-electron chi connectivity index (χ3n) is 4.02. The van der Waals surface area contributed by atoms with Crippen LogP contribution in [0.1, 0.15) is 43.1 Å². The van der Waals surface area contributed by atoms with Crippen molar-refractivity contribution >= 4 is 17.4 Å². The topological polar surface area (TPSA) is 87.0 Å². The van der Waals surface area contributed by atoms with E-state index in [0.29, 0.717) is 30.3 Å². The first-order valence-electron chi connectivity index (χ1n) is 7.75. The van der Waals surface area contributed by atoms with E-state index in [1.54, 1.807) is 6.92 Å². The van der Waals surface area contributed by atoms with E-state index >= 15 is 0 Å². The van der Waals surface area contributed by atoms with Crippen LogP contribution in [0, 0.1) is 6.92 Å². The number of aromatic amines is 1. The molecule has 1 aliphatic rings. The summed E-state index contributed by atoms with van der Waals surface area (Å²) in [5, 5.41) is 14.6. The molecule has 23 heavy (non-hydrogen) atoms. The summed E-state index contributed by atoms with van der Waals surface area (Å²) in [5.74, 6) is 1.04. The normalized spacial score (nSPS) is 16.1. The lowest BCUT2D eigenvalue weighted by atomic mass is 10.2. The van der Waals surface area contributed by atoms with E-state index in [2.05, 4.69) is 15.1 Å². The highest BCUT2D eigenvalue weighted by molar-refractivity contribution is 6.32. The Balaban J connectivity index is 1.95. The van der Waals surface area contributed by atoms with Gasteiger partial charge in [0, 0.05) is 13.1 Å². The zero-order valence-corrected chi connectivity index (χ0v) is 14.0. The molecular weight excluding hydrogens is 318 g/mol. The van der Waals surface area contributed by atoms with Crippen molar-refractivity contribution in [2.75, 3.05) is 11.4 Å². The van der Waals surface area contributed by atoms with Gasteiger partial charge in [-0.25, -0.2) is 4.98 Å². The van der Waals surface area contributed by atoms with E-state index in [1.165, 1.54) is 0 Å². The van der Waals surface area contributed by atoms with Crippen LogP contribution in [0.5, 0.6) is 0 Å². The van der Waals surface area contributed by atoms with E-state index in [-0.39, 0.29) is 10.6 Å². The van der Waals surface area contributed by atoms with Gasteiger partial charge in [-0.3, -0.25) is 9.48 Å². The summed E-state index contributed by atoms with van der Waals surface area (Å²) < 4.78 is 1.92. The van der Waals surface area contributed by atoms with Gasteiger partial charge in [0.2, 0.25) is 0 Å². The van der Waals surface area contributed by atoms with Crippen LogP contribution in [0.25, 0.3) is 0 Å². The van der Waals surface area contributed by atoms with Crippen LogP contribution in [-0.4, -0.2) is 31.4 Å². The first-order valence-corrected chi connectivity index (χ1v) is 8.13. The van der Waals surface area contributed by atoms with Crippen LogP contribution in [0.2, 0.25) is 5.02 Å². The SMILES string of the molecule is CCC(O)c1cc2n(n1)CCCN(c1nc(C)[nH]c(=O)c1Cl)C2. The Morgan fingerprint density at radius 3 is 3.00 bits per heavy atom. The van der Waals surface area contributed by atoms with E-state index in [4.69, 9.17) is 11.6 Å². The molecular formula is C15H20ClN5O2. The van der Waals surface area contributed by atoms with E-state index in [9.17, 15) is 9.90 Å². The summed E-state index contributed by atoms with van der Waals surface area (Å²) in [7, 11) is 0. The molecule has 3 heterocycles. The predicted molar refractivity (Wildman–Crippen MR) is 87.7 cm³/mol. The Morgan fingerprint density at radius 1 is 1.48 bits per heavy atom. The highest BCUT2D eigenvalue weighted by Gasteiger charge is 2.22. The minimum Gasteiger partial charge on any atom is -0.387 e. The molecule has 2 N–H and O–H groups in total. The molecule has 0 bridgehead atoms. The third kappa shape index (κ3) is 3.11. The van der Waals surface area contributed by atoms with Crippen LogP contribution in [0.4, 0.5) is 5.82 Å². The lowest BCUT2D eigenvalue weighted by Gasteiger charge is -2.22. The number of aryl methyl sites for hydroxylation is 2. The van der Waals surface area contributed by atoms with Crippen molar-refractivity contribution in [2.45, 2.75) is 45.9 Å². The molecule has 0 spiro atoms.